The maximum Gasteiger partial charge on any atom is 0.151 e. The number of hydrogen-bond donors (Lipinski definition) is 1. The predicted molar refractivity (Wildman–Crippen MR) is 76.3 cm³/mol. The van der Waals surface area contributed by atoms with Crippen molar-refractivity contribution in [3.8, 4) is 0 Å². The van der Waals surface area contributed by atoms with Crippen LogP contribution in [0.2, 0.25) is 0 Å². The molecule has 0 radical (unpaired) electrons. The molecule has 1 aromatic heterocycles. The normalized spacial score (nSPS) is 23.6. The first-order valence-corrected chi connectivity index (χ1v) is 7.12. The van der Waals surface area contributed by atoms with Gasteiger partial charge in [-0.05, 0) is 38.9 Å². The number of aromatic nitrogens is 2. The van der Waals surface area contributed by atoms with Crippen LogP contribution in [0.3, 0.4) is 0 Å². The lowest BCUT2D eigenvalue weighted by atomic mass is 10.2. The second kappa shape index (κ2) is 6.82. The number of nitrogens with zero attached hydrogens (tertiary/aromatic N) is 3. The molecule has 2 rings (SSSR count). The summed E-state index contributed by atoms with van der Waals surface area (Å²) >= 11 is 0. The Morgan fingerprint density at radius 2 is 2.00 bits per heavy atom. The zero-order valence-corrected chi connectivity index (χ0v) is 12.1. The number of morpholine rings is 1. The summed E-state index contributed by atoms with van der Waals surface area (Å²) in [6, 6.07) is 4.11. The van der Waals surface area contributed by atoms with Gasteiger partial charge in [0, 0.05) is 19.6 Å². The third-order valence-electron chi connectivity index (χ3n) is 3.18. The first-order chi connectivity index (χ1) is 9.19. The molecular formula is C14H24N4O. The van der Waals surface area contributed by atoms with Gasteiger partial charge in [0.15, 0.2) is 5.82 Å². The lowest BCUT2D eigenvalue weighted by Gasteiger charge is -2.35. The molecule has 1 aliphatic heterocycles. The first kappa shape index (κ1) is 14.2. The molecule has 1 aliphatic rings. The van der Waals surface area contributed by atoms with Gasteiger partial charge in [-0.25, -0.2) is 0 Å². The number of rotatable bonds is 5. The average Bonchev–Trinajstić information content (AvgIpc) is 2.39. The maximum absolute atomic E-state index is 5.73. The summed E-state index contributed by atoms with van der Waals surface area (Å²) in [7, 11) is 0. The highest BCUT2D eigenvalue weighted by molar-refractivity contribution is 5.38. The molecule has 2 atom stereocenters. The van der Waals surface area contributed by atoms with E-state index in [1.807, 2.05) is 0 Å². The Bertz CT molecular complexity index is 372. The van der Waals surface area contributed by atoms with E-state index in [9.17, 15) is 0 Å². The zero-order valence-electron chi connectivity index (χ0n) is 12.1. The van der Waals surface area contributed by atoms with Crippen LogP contribution in [0.25, 0.3) is 0 Å². The van der Waals surface area contributed by atoms with E-state index in [1.165, 1.54) is 0 Å². The van der Waals surface area contributed by atoms with Gasteiger partial charge in [0.25, 0.3) is 0 Å². The number of nitrogens with one attached hydrogen (secondary N) is 1. The van der Waals surface area contributed by atoms with Crippen molar-refractivity contribution in [2.75, 3.05) is 24.5 Å². The Morgan fingerprint density at radius 3 is 2.58 bits per heavy atom. The molecule has 1 N–H and O–H groups in total. The molecule has 1 saturated heterocycles. The summed E-state index contributed by atoms with van der Waals surface area (Å²) in [5.41, 5.74) is 0.992. The van der Waals surface area contributed by atoms with Crippen molar-refractivity contribution in [3.63, 3.8) is 0 Å². The van der Waals surface area contributed by atoms with Gasteiger partial charge in [-0.2, -0.15) is 5.10 Å². The molecule has 2 heterocycles. The minimum absolute atomic E-state index is 0.247. The zero-order chi connectivity index (χ0) is 13.7. The van der Waals surface area contributed by atoms with E-state index >= 15 is 0 Å². The van der Waals surface area contributed by atoms with Gasteiger partial charge in [0.05, 0.1) is 17.9 Å². The molecule has 5 nitrogen and oxygen atoms in total. The van der Waals surface area contributed by atoms with Crippen molar-refractivity contribution in [2.45, 2.75) is 45.9 Å². The van der Waals surface area contributed by atoms with E-state index in [0.717, 1.165) is 44.1 Å². The molecule has 0 aromatic carbocycles. The highest BCUT2D eigenvalue weighted by Crippen LogP contribution is 2.17. The molecular weight excluding hydrogens is 240 g/mol. The maximum atomic E-state index is 5.73. The molecule has 0 aliphatic carbocycles. The summed E-state index contributed by atoms with van der Waals surface area (Å²) in [6.07, 6.45) is 1.63. The van der Waals surface area contributed by atoms with Crippen molar-refractivity contribution in [2.24, 2.45) is 0 Å². The van der Waals surface area contributed by atoms with Crippen LogP contribution in [0.5, 0.6) is 0 Å². The SMILES string of the molecule is CCCNCc1ccc(N2CC(C)OC(C)C2)nn1. The summed E-state index contributed by atoms with van der Waals surface area (Å²) < 4.78 is 5.73. The Morgan fingerprint density at radius 1 is 1.26 bits per heavy atom. The van der Waals surface area contributed by atoms with Gasteiger partial charge in [-0.1, -0.05) is 6.92 Å². The van der Waals surface area contributed by atoms with Crippen molar-refractivity contribution in [3.05, 3.63) is 17.8 Å². The fourth-order valence-electron chi connectivity index (χ4n) is 2.37. The minimum atomic E-state index is 0.247. The van der Waals surface area contributed by atoms with E-state index in [0.29, 0.717) is 0 Å². The van der Waals surface area contributed by atoms with Crippen molar-refractivity contribution >= 4 is 5.82 Å². The van der Waals surface area contributed by atoms with E-state index in [-0.39, 0.29) is 12.2 Å². The quantitative estimate of drug-likeness (QED) is 0.819. The molecule has 1 fully saturated rings. The minimum Gasteiger partial charge on any atom is -0.372 e. The monoisotopic (exact) mass is 264 g/mol. The Balaban J connectivity index is 1.93. The van der Waals surface area contributed by atoms with E-state index in [1.54, 1.807) is 0 Å². The van der Waals surface area contributed by atoms with Gasteiger partial charge < -0.3 is 15.0 Å². The fourth-order valence-corrected chi connectivity index (χ4v) is 2.37. The van der Waals surface area contributed by atoms with E-state index in [4.69, 9.17) is 4.74 Å². The molecule has 0 bridgehead atoms. The average molecular weight is 264 g/mol. The summed E-state index contributed by atoms with van der Waals surface area (Å²) in [4.78, 5) is 2.25. The van der Waals surface area contributed by atoms with E-state index < -0.39 is 0 Å². The topological polar surface area (TPSA) is 50.3 Å². The largest absolute Gasteiger partial charge is 0.372 e. The second-order valence-electron chi connectivity index (χ2n) is 5.22. The second-order valence-corrected chi connectivity index (χ2v) is 5.22. The third-order valence-corrected chi connectivity index (χ3v) is 3.18. The third kappa shape index (κ3) is 4.14. The summed E-state index contributed by atoms with van der Waals surface area (Å²) in [5, 5.41) is 11.9. The molecule has 0 saturated carbocycles. The summed E-state index contributed by atoms with van der Waals surface area (Å²) in [5.74, 6) is 0.946. The van der Waals surface area contributed by atoms with Gasteiger partial charge >= 0.3 is 0 Å². The van der Waals surface area contributed by atoms with Crippen molar-refractivity contribution in [1.82, 2.24) is 15.5 Å². The van der Waals surface area contributed by atoms with Crippen LogP contribution in [0, 0.1) is 0 Å². The first-order valence-electron chi connectivity index (χ1n) is 7.12. The number of hydrogen-bond acceptors (Lipinski definition) is 5. The molecule has 0 amide bonds. The van der Waals surface area contributed by atoms with Crippen LogP contribution >= 0.6 is 0 Å². The molecule has 19 heavy (non-hydrogen) atoms. The number of anilines is 1. The number of ether oxygens (including phenoxy) is 1. The molecule has 5 heteroatoms. The van der Waals surface area contributed by atoms with Crippen molar-refractivity contribution in [1.29, 1.82) is 0 Å². The van der Waals surface area contributed by atoms with Gasteiger partial charge in [0.1, 0.15) is 0 Å². The van der Waals surface area contributed by atoms with Crippen molar-refractivity contribution < 1.29 is 4.74 Å². The van der Waals surface area contributed by atoms with Crippen LogP contribution in [0.4, 0.5) is 5.82 Å². The fraction of sp³-hybridized carbons (Fsp3) is 0.714. The van der Waals surface area contributed by atoms with Crippen LogP contribution in [0.15, 0.2) is 12.1 Å². The van der Waals surface area contributed by atoms with E-state index in [2.05, 4.69) is 53.3 Å². The molecule has 0 spiro atoms. The van der Waals surface area contributed by atoms with Gasteiger partial charge in [0.2, 0.25) is 0 Å². The standard InChI is InChI=1S/C14H24N4O/c1-4-7-15-8-13-5-6-14(17-16-13)18-9-11(2)19-12(3)10-18/h5-6,11-12,15H,4,7-10H2,1-3H3. The molecule has 1 aromatic rings. The van der Waals surface area contributed by atoms with Crippen LogP contribution in [-0.4, -0.2) is 42.0 Å². The Hall–Kier alpha value is -1.20. The molecule has 106 valence electrons. The smallest absolute Gasteiger partial charge is 0.151 e. The van der Waals surface area contributed by atoms with Crippen LogP contribution < -0.4 is 10.2 Å². The Labute approximate surface area is 115 Å². The van der Waals surface area contributed by atoms with Crippen LogP contribution in [-0.2, 0) is 11.3 Å². The Kier molecular flexibility index (Phi) is 5.10. The summed E-state index contributed by atoms with van der Waals surface area (Å²) in [6.45, 7) is 9.92. The molecule has 2 unspecified atom stereocenters. The lowest BCUT2D eigenvalue weighted by molar-refractivity contribution is -0.00550. The van der Waals surface area contributed by atoms with Crippen LogP contribution in [0.1, 0.15) is 32.9 Å². The van der Waals surface area contributed by atoms with Gasteiger partial charge in [-0.15, -0.1) is 5.10 Å². The lowest BCUT2D eigenvalue weighted by Crippen LogP contribution is -2.45. The van der Waals surface area contributed by atoms with Gasteiger partial charge in [-0.3, -0.25) is 0 Å². The predicted octanol–water partition coefficient (Wildman–Crippen LogP) is 1.59. The highest BCUT2D eigenvalue weighted by Gasteiger charge is 2.23. The highest BCUT2D eigenvalue weighted by atomic mass is 16.5.